The van der Waals surface area contributed by atoms with Crippen molar-refractivity contribution in [3.8, 4) is 0 Å². The number of aryl methyl sites for hydroxylation is 2. The maximum Gasteiger partial charge on any atom is 0.0700 e. The number of nitrogens with zero attached hydrogens (tertiary/aromatic N) is 1. The van der Waals surface area contributed by atoms with E-state index in [1.54, 1.807) is 0 Å². The molecule has 0 spiro atoms. The van der Waals surface area contributed by atoms with Gasteiger partial charge in [-0.05, 0) is 63.4 Å². The van der Waals surface area contributed by atoms with Gasteiger partial charge in [-0.15, -0.1) is 0 Å². The number of likely N-dealkylation sites (tertiary alicyclic amines) is 1. The van der Waals surface area contributed by atoms with E-state index in [0.717, 1.165) is 38.8 Å². The fourth-order valence-corrected chi connectivity index (χ4v) is 2.78. The van der Waals surface area contributed by atoms with Crippen molar-refractivity contribution in [2.24, 2.45) is 0 Å². The molecule has 2 nitrogen and oxygen atoms in total. The van der Waals surface area contributed by atoms with Gasteiger partial charge in [0.2, 0.25) is 0 Å². The number of hydrogen-bond acceptors (Lipinski definition) is 2. The summed E-state index contributed by atoms with van der Waals surface area (Å²) in [4.78, 5) is 2.32. The molecule has 1 aromatic rings. The van der Waals surface area contributed by atoms with Crippen molar-refractivity contribution in [2.45, 2.75) is 45.1 Å². The van der Waals surface area contributed by atoms with Crippen molar-refractivity contribution >= 4 is 0 Å². The number of aliphatic hydroxyl groups is 1. The molecule has 18 heavy (non-hydrogen) atoms. The smallest absolute Gasteiger partial charge is 0.0700 e. The summed E-state index contributed by atoms with van der Waals surface area (Å²) in [5.41, 5.74) is 3.41. The van der Waals surface area contributed by atoms with E-state index in [1.165, 1.54) is 16.7 Å². The van der Waals surface area contributed by atoms with Crippen LogP contribution in [0.5, 0.6) is 0 Å². The first kappa shape index (κ1) is 13.6. The summed E-state index contributed by atoms with van der Waals surface area (Å²) < 4.78 is 0. The van der Waals surface area contributed by atoms with Crippen molar-refractivity contribution in [1.82, 2.24) is 4.90 Å². The van der Waals surface area contributed by atoms with Gasteiger partial charge in [0.05, 0.1) is 5.60 Å². The normalized spacial score (nSPS) is 26.0. The molecule has 1 saturated heterocycles. The largest absolute Gasteiger partial charge is 0.389 e. The molecule has 2 heteroatoms. The molecule has 0 bridgehead atoms. The molecule has 100 valence electrons. The fraction of sp³-hybridized carbons (Fsp3) is 0.625. The van der Waals surface area contributed by atoms with Gasteiger partial charge in [0.25, 0.3) is 0 Å². The monoisotopic (exact) mass is 247 g/mol. The zero-order valence-corrected chi connectivity index (χ0v) is 11.9. The van der Waals surface area contributed by atoms with Gasteiger partial charge in [-0.3, -0.25) is 0 Å². The van der Waals surface area contributed by atoms with Crippen LogP contribution in [0.2, 0.25) is 0 Å². The summed E-state index contributed by atoms with van der Waals surface area (Å²) in [5, 5.41) is 10.8. The average molecular weight is 247 g/mol. The zero-order valence-electron chi connectivity index (χ0n) is 11.9. The molecular formula is C16H25NO. The lowest BCUT2D eigenvalue weighted by Crippen LogP contribution is -2.32. The number of hydrogen-bond donors (Lipinski definition) is 1. The average Bonchev–Trinajstić information content (AvgIpc) is 2.47. The summed E-state index contributed by atoms with van der Waals surface area (Å²) in [6.45, 7) is 6.38. The molecule has 1 aromatic carbocycles. The quantitative estimate of drug-likeness (QED) is 0.868. The minimum absolute atomic E-state index is 0.507. The van der Waals surface area contributed by atoms with Crippen LogP contribution < -0.4 is 0 Å². The van der Waals surface area contributed by atoms with Crippen LogP contribution in [0.3, 0.4) is 0 Å². The minimum Gasteiger partial charge on any atom is -0.389 e. The lowest BCUT2D eigenvalue weighted by atomic mass is 9.87. The molecule has 1 heterocycles. The Hall–Kier alpha value is -0.860. The van der Waals surface area contributed by atoms with E-state index >= 15 is 0 Å². The molecule has 1 aliphatic rings. The third-order valence-electron chi connectivity index (χ3n) is 4.25. The fourth-order valence-electron chi connectivity index (χ4n) is 2.78. The van der Waals surface area contributed by atoms with Gasteiger partial charge in [-0.2, -0.15) is 0 Å². The summed E-state index contributed by atoms with van der Waals surface area (Å²) in [5.74, 6) is 0. The van der Waals surface area contributed by atoms with E-state index in [-0.39, 0.29) is 0 Å². The first-order valence-corrected chi connectivity index (χ1v) is 6.96. The van der Waals surface area contributed by atoms with Crippen LogP contribution in [-0.2, 0) is 6.42 Å². The summed E-state index contributed by atoms with van der Waals surface area (Å²) in [6.07, 6.45) is 3.69. The van der Waals surface area contributed by atoms with Gasteiger partial charge in [0.15, 0.2) is 0 Å². The van der Waals surface area contributed by atoms with Crippen molar-refractivity contribution in [3.63, 3.8) is 0 Å². The predicted octanol–water partition coefficient (Wildman–Crippen LogP) is 2.69. The molecule has 1 fully saturated rings. The van der Waals surface area contributed by atoms with Crippen LogP contribution in [0.4, 0.5) is 0 Å². The second-order valence-electron chi connectivity index (χ2n) is 5.98. The van der Waals surface area contributed by atoms with E-state index in [1.807, 2.05) is 0 Å². The Morgan fingerprint density at radius 3 is 2.67 bits per heavy atom. The van der Waals surface area contributed by atoms with Gasteiger partial charge in [0.1, 0.15) is 0 Å². The van der Waals surface area contributed by atoms with Crippen LogP contribution >= 0.6 is 0 Å². The Bertz CT molecular complexity index is 416. The lowest BCUT2D eigenvalue weighted by molar-refractivity contribution is 0.0263. The third kappa shape index (κ3) is 3.33. The van der Waals surface area contributed by atoms with Crippen LogP contribution in [0.25, 0.3) is 0 Å². The molecule has 0 aromatic heterocycles. The molecule has 0 amide bonds. The van der Waals surface area contributed by atoms with E-state index < -0.39 is 5.60 Å². The maximum atomic E-state index is 10.8. The van der Waals surface area contributed by atoms with Crippen LogP contribution in [0.15, 0.2) is 18.2 Å². The maximum absolute atomic E-state index is 10.8. The summed E-state index contributed by atoms with van der Waals surface area (Å²) in [6, 6.07) is 6.55. The topological polar surface area (TPSA) is 23.5 Å². The molecule has 0 aliphatic carbocycles. The van der Waals surface area contributed by atoms with E-state index in [4.69, 9.17) is 0 Å². The molecule has 1 aliphatic heterocycles. The van der Waals surface area contributed by atoms with E-state index in [0.29, 0.717) is 0 Å². The third-order valence-corrected chi connectivity index (χ3v) is 4.25. The van der Waals surface area contributed by atoms with Crippen molar-refractivity contribution < 1.29 is 5.11 Å². The Kier molecular flexibility index (Phi) is 4.08. The zero-order chi connectivity index (χ0) is 13.2. The van der Waals surface area contributed by atoms with Gasteiger partial charge in [-0.1, -0.05) is 18.2 Å². The van der Waals surface area contributed by atoms with E-state index in [2.05, 4.69) is 44.0 Å². The van der Waals surface area contributed by atoms with Crippen LogP contribution in [0.1, 0.15) is 36.0 Å². The van der Waals surface area contributed by atoms with Gasteiger partial charge in [0, 0.05) is 13.0 Å². The van der Waals surface area contributed by atoms with Crippen LogP contribution in [0, 0.1) is 13.8 Å². The second kappa shape index (κ2) is 5.41. The van der Waals surface area contributed by atoms with Crippen molar-refractivity contribution in [1.29, 1.82) is 0 Å². The highest BCUT2D eigenvalue weighted by Gasteiger charge is 2.29. The van der Waals surface area contributed by atoms with Crippen molar-refractivity contribution in [3.05, 3.63) is 34.9 Å². The highest BCUT2D eigenvalue weighted by atomic mass is 16.3. The Labute approximate surface area is 111 Å². The number of benzene rings is 1. The first-order chi connectivity index (χ1) is 8.48. The Morgan fingerprint density at radius 2 is 1.94 bits per heavy atom. The lowest BCUT2D eigenvalue weighted by Gasteiger charge is -2.27. The van der Waals surface area contributed by atoms with Gasteiger partial charge in [-0.25, -0.2) is 0 Å². The molecular weight excluding hydrogens is 222 g/mol. The standard InChI is InChI=1S/C16H25NO/c1-13-5-6-15(11-14(13)2)12-16(18)7-4-9-17(3)10-8-16/h5-6,11,18H,4,7-10,12H2,1-3H3. The number of rotatable bonds is 2. The molecule has 1 atom stereocenters. The van der Waals surface area contributed by atoms with Crippen molar-refractivity contribution in [2.75, 3.05) is 20.1 Å². The molecule has 0 saturated carbocycles. The SMILES string of the molecule is Cc1ccc(CC2(O)CCCN(C)CC2)cc1C. The summed E-state index contributed by atoms with van der Waals surface area (Å²) >= 11 is 0. The minimum atomic E-state index is -0.507. The summed E-state index contributed by atoms with van der Waals surface area (Å²) in [7, 11) is 2.14. The van der Waals surface area contributed by atoms with Gasteiger partial charge < -0.3 is 10.0 Å². The van der Waals surface area contributed by atoms with Crippen LogP contribution in [-0.4, -0.2) is 35.7 Å². The van der Waals surface area contributed by atoms with E-state index in [9.17, 15) is 5.11 Å². The second-order valence-corrected chi connectivity index (χ2v) is 5.98. The molecule has 2 rings (SSSR count). The van der Waals surface area contributed by atoms with Gasteiger partial charge >= 0.3 is 0 Å². The molecule has 1 unspecified atom stereocenters. The highest BCUT2D eigenvalue weighted by Crippen LogP contribution is 2.26. The Morgan fingerprint density at radius 1 is 1.17 bits per heavy atom. The highest BCUT2D eigenvalue weighted by molar-refractivity contribution is 5.30. The first-order valence-electron chi connectivity index (χ1n) is 6.96. The molecule has 1 N–H and O–H groups in total. The Balaban J connectivity index is 2.09. The predicted molar refractivity (Wildman–Crippen MR) is 75.9 cm³/mol. The molecule has 0 radical (unpaired) electrons.